The second-order valence-corrected chi connectivity index (χ2v) is 4.42. The van der Waals surface area contributed by atoms with Crippen molar-refractivity contribution >= 4 is 17.5 Å². The van der Waals surface area contributed by atoms with Crippen molar-refractivity contribution in [1.29, 1.82) is 0 Å². The van der Waals surface area contributed by atoms with Gasteiger partial charge in [-0.3, -0.25) is 9.59 Å². The van der Waals surface area contributed by atoms with Gasteiger partial charge in [0.05, 0.1) is 20.3 Å². The Balaban J connectivity index is 2.37. The monoisotopic (exact) mass is 279 g/mol. The van der Waals surface area contributed by atoms with Gasteiger partial charge in [0, 0.05) is 12.2 Å². The van der Waals surface area contributed by atoms with E-state index in [1.807, 2.05) is 0 Å². The second-order valence-electron chi connectivity index (χ2n) is 4.42. The summed E-state index contributed by atoms with van der Waals surface area (Å²) in [4.78, 5) is 25.4. The first-order valence-electron chi connectivity index (χ1n) is 6.16. The highest BCUT2D eigenvalue weighted by molar-refractivity contribution is 6.03. The molecule has 1 fully saturated rings. The maximum absolute atomic E-state index is 12.6. The molecule has 1 unspecified atom stereocenters. The molecule has 2 rings (SSSR count). The summed E-state index contributed by atoms with van der Waals surface area (Å²) >= 11 is 0. The normalized spacial score (nSPS) is 18.6. The number of rotatable bonds is 3. The molecule has 1 aliphatic heterocycles. The van der Waals surface area contributed by atoms with Gasteiger partial charge in [0.25, 0.3) is 5.91 Å². The zero-order valence-corrected chi connectivity index (χ0v) is 11.2. The number of morpholine rings is 1. The van der Waals surface area contributed by atoms with Crippen molar-refractivity contribution in [2.24, 2.45) is 5.73 Å². The number of benzene rings is 1. The van der Waals surface area contributed by atoms with Crippen LogP contribution in [0.3, 0.4) is 0 Å². The lowest BCUT2D eigenvalue weighted by Crippen LogP contribution is -2.54. The van der Waals surface area contributed by atoms with Gasteiger partial charge in [-0.05, 0) is 12.1 Å². The van der Waals surface area contributed by atoms with Gasteiger partial charge in [-0.25, -0.2) is 0 Å². The molecular formula is C13H17N3O4. The van der Waals surface area contributed by atoms with Crippen LogP contribution >= 0.6 is 0 Å². The molecule has 2 amide bonds. The van der Waals surface area contributed by atoms with E-state index in [1.54, 1.807) is 18.2 Å². The predicted octanol–water partition coefficient (Wildman–Crippen LogP) is -0.396. The quantitative estimate of drug-likeness (QED) is 0.732. The Morgan fingerprint density at radius 2 is 2.20 bits per heavy atom. The molecular weight excluding hydrogens is 262 g/mol. The topological polar surface area (TPSA) is 108 Å². The Kier molecular flexibility index (Phi) is 4.09. The van der Waals surface area contributed by atoms with Gasteiger partial charge < -0.3 is 25.8 Å². The van der Waals surface area contributed by atoms with Crippen molar-refractivity contribution in [3.8, 4) is 5.75 Å². The van der Waals surface area contributed by atoms with Gasteiger partial charge in [0.1, 0.15) is 17.4 Å². The van der Waals surface area contributed by atoms with Gasteiger partial charge in [0.15, 0.2) is 0 Å². The molecule has 0 saturated carbocycles. The third-order valence-electron chi connectivity index (χ3n) is 3.21. The number of ether oxygens (including phenoxy) is 2. The lowest BCUT2D eigenvalue weighted by atomic mass is 10.1. The first-order valence-corrected chi connectivity index (χ1v) is 6.16. The average Bonchev–Trinajstić information content (AvgIpc) is 2.46. The summed E-state index contributed by atoms with van der Waals surface area (Å²) in [5.74, 6) is -0.622. The number of nitrogens with two attached hydrogens (primary N) is 2. The fourth-order valence-electron chi connectivity index (χ4n) is 2.17. The summed E-state index contributed by atoms with van der Waals surface area (Å²) in [6, 6.07) is 4.15. The maximum atomic E-state index is 12.6. The van der Waals surface area contributed by atoms with Crippen LogP contribution in [0.4, 0.5) is 5.69 Å². The molecule has 0 spiro atoms. The van der Waals surface area contributed by atoms with E-state index in [1.165, 1.54) is 12.0 Å². The number of anilines is 1. The molecule has 1 aromatic carbocycles. The third kappa shape index (κ3) is 2.53. The highest BCUT2D eigenvalue weighted by Gasteiger charge is 2.33. The first-order chi connectivity index (χ1) is 9.56. The van der Waals surface area contributed by atoms with Crippen molar-refractivity contribution in [3.63, 3.8) is 0 Å². The van der Waals surface area contributed by atoms with Gasteiger partial charge in [-0.15, -0.1) is 0 Å². The second kappa shape index (κ2) is 5.79. The van der Waals surface area contributed by atoms with E-state index in [2.05, 4.69) is 0 Å². The average molecular weight is 279 g/mol. The summed E-state index contributed by atoms with van der Waals surface area (Å²) in [7, 11) is 1.45. The summed E-state index contributed by atoms with van der Waals surface area (Å²) < 4.78 is 10.3. The Morgan fingerprint density at radius 1 is 1.45 bits per heavy atom. The van der Waals surface area contributed by atoms with E-state index in [-0.39, 0.29) is 24.6 Å². The summed E-state index contributed by atoms with van der Waals surface area (Å²) in [6.07, 6.45) is 0. The Hall–Kier alpha value is -2.28. The Labute approximate surface area is 116 Å². The lowest BCUT2D eigenvalue weighted by Gasteiger charge is -2.34. The molecule has 0 aromatic heterocycles. The first kappa shape index (κ1) is 14.1. The van der Waals surface area contributed by atoms with E-state index in [0.29, 0.717) is 18.0 Å². The minimum Gasteiger partial charge on any atom is -0.496 e. The zero-order valence-electron chi connectivity index (χ0n) is 11.2. The van der Waals surface area contributed by atoms with E-state index in [0.717, 1.165) is 0 Å². The van der Waals surface area contributed by atoms with Crippen LogP contribution in [-0.2, 0) is 9.53 Å². The molecule has 0 aliphatic carbocycles. The molecule has 1 heterocycles. The van der Waals surface area contributed by atoms with Crippen molar-refractivity contribution in [3.05, 3.63) is 23.8 Å². The smallest absolute Gasteiger partial charge is 0.260 e. The molecule has 7 heteroatoms. The highest BCUT2D eigenvalue weighted by Crippen LogP contribution is 2.27. The molecule has 0 bridgehead atoms. The number of hydrogen-bond acceptors (Lipinski definition) is 5. The van der Waals surface area contributed by atoms with Gasteiger partial charge in [0.2, 0.25) is 5.91 Å². The molecule has 1 saturated heterocycles. The molecule has 4 N–H and O–H groups in total. The lowest BCUT2D eigenvalue weighted by molar-refractivity contribution is -0.127. The number of methoxy groups -OCH3 is 1. The summed E-state index contributed by atoms with van der Waals surface area (Å²) in [5, 5.41) is 0. The largest absolute Gasteiger partial charge is 0.496 e. The molecule has 0 radical (unpaired) electrons. The minimum absolute atomic E-state index is 0.0934. The van der Waals surface area contributed by atoms with Gasteiger partial charge in [-0.2, -0.15) is 0 Å². The van der Waals surface area contributed by atoms with Crippen LogP contribution in [0.1, 0.15) is 10.4 Å². The van der Waals surface area contributed by atoms with E-state index < -0.39 is 11.9 Å². The standard InChI is InChI=1S/C13H17N3O4/c1-19-10-4-2-3-8(14)11(10)13(18)16-5-6-20-7-9(16)12(15)17/h2-4,9H,5-7,14H2,1H3,(H2,15,17). The Bertz CT molecular complexity index is 532. The van der Waals surface area contributed by atoms with Crippen molar-refractivity contribution < 1.29 is 19.1 Å². The minimum atomic E-state index is -0.791. The van der Waals surface area contributed by atoms with Crippen LogP contribution in [0, 0.1) is 0 Å². The maximum Gasteiger partial charge on any atom is 0.260 e. The summed E-state index contributed by atoms with van der Waals surface area (Å²) in [6.45, 7) is 0.727. The van der Waals surface area contributed by atoms with Crippen LogP contribution < -0.4 is 16.2 Å². The van der Waals surface area contributed by atoms with Crippen LogP contribution in [0.15, 0.2) is 18.2 Å². The fraction of sp³-hybridized carbons (Fsp3) is 0.385. The number of amides is 2. The van der Waals surface area contributed by atoms with E-state index in [9.17, 15) is 9.59 Å². The van der Waals surface area contributed by atoms with Crippen molar-refractivity contribution in [2.45, 2.75) is 6.04 Å². The van der Waals surface area contributed by atoms with Crippen molar-refractivity contribution in [2.75, 3.05) is 32.6 Å². The molecule has 20 heavy (non-hydrogen) atoms. The SMILES string of the molecule is COc1cccc(N)c1C(=O)N1CCOCC1C(N)=O. The van der Waals surface area contributed by atoms with Gasteiger partial charge in [-0.1, -0.05) is 6.07 Å². The fourth-order valence-corrected chi connectivity index (χ4v) is 2.17. The van der Waals surface area contributed by atoms with Crippen molar-refractivity contribution in [1.82, 2.24) is 4.90 Å². The number of nitrogens with zero attached hydrogens (tertiary/aromatic N) is 1. The number of nitrogen functional groups attached to an aromatic ring is 1. The van der Waals surface area contributed by atoms with E-state index >= 15 is 0 Å². The van der Waals surface area contributed by atoms with Crippen LogP contribution in [0.25, 0.3) is 0 Å². The highest BCUT2D eigenvalue weighted by atomic mass is 16.5. The Morgan fingerprint density at radius 3 is 2.85 bits per heavy atom. The molecule has 7 nitrogen and oxygen atoms in total. The predicted molar refractivity (Wildman–Crippen MR) is 72.2 cm³/mol. The van der Waals surface area contributed by atoms with E-state index in [4.69, 9.17) is 20.9 Å². The molecule has 1 atom stereocenters. The molecule has 1 aromatic rings. The van der Waals surface area contributed by atoms with Gasteiger partial charge >= 0.3 is 0 Å². The molecule has 108 valence electrons. The number of carbonyl (C=O) groups excluding carboxylic acids is 2. The van der Waals surface area contributed by atoms with Crippen LogP contribution in [0.5, 0.6) is 5.75 Å². The zero-order chi connectivity index (χ0) is 14.7. The van der Waals surface area contributed by atoms with Crippen LogP contribution in [-0.4, -0.2) is 49.6 Å². The summed E-state index contributed by atoms with van der Waals surface area (Å²) in [5.41, 5.74) is 11.7. The molecule has 1 aliphatic rings. The number of carbonyl (C=O) groups is 2. The number of hydrogen-bond donors (Lipinski definition) is 2. The third-order valence-corrected chi connectivity index (χ3v) is 3.21. The number of primary amides is 1. The van der Waals surface area contributed by atoms with Crippen LogP contribution in [0.2, 0.25) is 0 Å².